The van der Waals surface area contributed by atoms with Gasteiger partial charge >= 0.3 is 7.12 Å². The van der Waals surface area contributed by atoms with Crippen molar-refractivity contribution in [3.63, 3.8) is 0 Å². The van der Waals surface area contributed by atoms with E-state index in [2.05, 4.69) is 60.3 Å². The van der Waals surface area contributed by atoms with Crippen LogP contribution < -0.4 is 5.59 Å². The maximum Gasteiger partial charge on any atom is 0.512 e. The summed E-state index contributed by atoms with van der Waals surface area (Å²) in [5, 5.41) is 0. The minimum absolute atomic E-state index is 0.337. The maximum atomic E-state index is 6.16. The first-order valence-corrected chi connectivity index (χ1v) is 7.89. The molecular weight excluding hydrogens is 329 g/mol. The average molecular weight is 348 g/mol. The Labute approximate surface area is 134 Å². The van der Waals surface area contributed by atoms with Crippen LogP contribution in [0.5, 0.6) is 0 Å². The van der Waals surface area contributed by atoms with Crippen LogP contribution in [0, 0.1) is 0 Å². The second-order valence-electron chi connectivity index (χ2n) is 6.34. The van der Waals surface area contributed by atoms with Crippen LogP contribution in [0.4, 0.5) is 0 Å². The summed E-state index contributed by atoms with van der Waals surface area (Å²) in [4.78, 5) is 0. The molecule has 0 amide bonds. The smallest absolute Gasteiger partial charge is 0.398 e. The summed E-state index contributed by atoms with van der Waals surface area (Å²) in [5.41, 5.74) is 1.40. The van der Waals surface area contributed by atoms with E-state index < -0.39 is 0 Å². The molecule has 3 nitrogen and oxygen atoms in total. The number of halogens is 1. The molecule has 0 unspecified atom stereocenters. The van der Waals surface area contributed by atoms with E-state index in [1.807, 2.05) is 30.3 Å². The lowest BCUT2D eigenvalue weighted by Crippen LogP contribution is -2.41. The Hall–Kier alpha value is -1.04. The Morgan fingerprint density at radius 1 is 0.905 bits per heavy atom. The lowest BCUT2D eigenvalue weighted by Gasteiger charge is -2.32. The van der Waals surface area contributed by atoms with Gasteiger partial charge in [0.2, 0.25) is 0 Å². The molecule has 0 saturated carbocycles. The highest BCUT2D eigenvalue weighted by Crippen LogP contribution is 2.37. The predicted octanol–water partition coefficient (Wildman–Crippen LogP) is 3.54. The van der Waals surface area contributed by atoms with Crippen LogP contribution in [0.15, 0.2) is 47.1 Å². The van der Waals surface area contributed by atoms with Crippen LogP contribution in [0.25, 0.3) is 5.69 Å². The largest absolute Gasteiger partial charge is 0.512 e. The number of benzene rings is 1. The van der Waals surface area contributed by atoms with Gasteiger partial charge in [0, 0.05) is 5.69 Å². The molecule has 0 radical (unpaired) electrons. The Balaban J connectivity index is 2.03. The molecule has 21 heavy (non-hydrogen) atoms. The zero-order chi connectivity index (χ0) is 15.3. The van der Waals surface area contributed by atoms with Gasteiger partial charge in [-0.25, -0.2) is 0 Å². The predicted molar refractivity (Wildman–Crippen MR) is 89.2 cm³/mol. The molecule has 1 aromatic heterocycles. The molecule has 0 spiro atoms. The van der Waals surface area contributed by atoms with Crippen LogP contribution in [-0.4, -0.2) is 22.9 Å². The molecule has 0 aliphatic carbocycles. The minimum atomic E-state index is -0.374. The van der Waals surface area contributed by atoms with Crippen molar-refractivity contribution in [2.24, 2.45) is 0 Å². The van der Waals surface area contributed by atoms with E-state index in [-0.39, 0.29) is 18.3 Å². The molecule has 0 bridgehead atoms. The molecule has 0 atom stereocenters. The zero-order valence-electron chi connectivity index (χ0n) is 12.8. The van der Waals surface area contributed by atoms with E-state index in [1.54, 1.807) is 0 Å². The summed E-state index contributed by atoms with van der Waals surface area (Å²) < 4.78 is 15.4. The first kappa shape index (κ1) is 14.9. The summed E-state index contributed by atoms with van der Waals surface area (Å²) in [5.74, 6) is 0. The minimum Gasteiger partial charge on any atom is -0.398 e. The number of rotatable bonds is 2. The van der Waals surface area contributed by atoms with Crippen LogP contribution in [-0.2, 0) is 9.31 Å². The van der Waals surface area contributed by atoms with Gasteiger partial charge in [-0.3, -0.25) is 0 Å². The van der Waals surface area contributed by atoms with Crippen LogP contribution in [0.1, 0.15) is 27.7 Å². The third-order valence-corrected chi connectivity index (χ3v) is 4.99. The van der Waals surface area contributed by atoms with Crippen molar-refractivity contribution in [2.75, 3.05) is 0 Å². The van der Waals surface area contributed by atoms with Crippen LogP contribution >= 0.6 is 15.9 Å². The number of hydrogen-bond donors (Lipinski definition) is 0. The van der Waals surface area contributed by atoms with Crippen LogP contribution in [0.3, 0.4) is 0 Å². The molecule has 1 aromatic carbocycles. The summed E-state index contributed by atoms with van der Waals surface area (Å²) >= 11 is 3.61. The van der Waals surface area contributed by atoms with Crippen molar-refractivity contribution in [1.29, 1.82) is 0 Å². The third-order valence-electron chi connectivity index (χ3n) is 4.37. The van der Waals surface area contributed by atoms with Gasteiger partial charge in [0.25, 0.3) is 0 Å². The van der Waals surface area contributed by atoms with Gasteiger partial charge < -0.3 is 13.9 Å². The van der Waals surface area contributed by atoms with Gasteiger partial charge in [-0.05, 0) is 67.9 Å². The van der Waals surface area contributed by atoms with Crippen LogP contribution in [0.2, 0.25) is 0 Å². The van der Waals surface area contributed by atoms with Crippen molar-refractivity contribution in [3.05, 3.63) is 47.1 Å². The fraction of sp³-hybridized carbons (Fsp3) is 0.375. The molecular formula is C16H19BBrNO2. The molecule has 5 heteroatoms. The Bertz CT molecular complexity index is 636. The molecule has 2 heterocycles. The van der Waals surface area contributed by atoms with E-state index >= 15 is 0 Å². The van der Waals surface area contributed by atoms with Gasteiger partial charge in [0.15, 0.2) is 0 Å². The van der Waals surface area contributed by atoms with Crippen molar-refractivity contribution in [3.8, 4) is 5.69 Å². The summed E-state index contributed by atoms with van der Waals surface area (Å²) in [6.45, 7) is 8.27. The molecule has 1 fully saturated rings. The molecule has 1 aliphatic heterocycles. The van der Waals surface area contributed by atoms with Crippen molar-refractivity contribution in [2.45, 2.75) is 38.9 Å². The van der Waals surface area contributed by atoms with E-state index in [0.717, 1.165) is 15.9 Å². The first-order chi connectivity index (χ1) is 9.82. The summed E-state index contributed by atoms with van der Waals surface area (Å²) in [6.07, 6.45) is 0. The molecule has 1 saturated heterocycles. The third kappa shape index (κ3) is 2.47. The zero-order valence-corrected chi connectivity index (χ0v) is 14.3. The highest BCUT2D eigenvalue weighted by molar-refractivity contribution is 9.10. The Kier molecular flexibility index (Phi) is 3.55. The fourth-order valence-corrected chi connectivity index (χ4v) is 2.97. The summed E-state index contributed by atoms with van der Waals surface area (Å²) in [6, 6.07) is 14.3. The van der Waals surface area contributed by atoms with Crippen molar-refractivity contribution < 1.29 is 9.31 Å². The van der Waals surface area contributed by atoms with E-state index in [0.29, 0.717) is 0 Å². The number of hydrogen-bond acceptors (Lipinski definition) is 2. The molecule has 110 valence electrons. The number of para-hydroxylation sites is 1. The second kappa shape index (κ2) is 5.01. The molecule has 1 aliphatic rings. The normalized spacial score (nSPS) is 20.0. The van der Waals surface area contributed by atoms with Crippen molar-refractivity contribution >= 4 is 28.6 Å². The molecule has 2 aromatic rings. The topological polar surface area (TPSA) is 23.4 Å². The number of nitrogens with zero attached hydrogens (tertiary/aromatic N) is 1. The van der Waals surface area contributed by atoms with Gasteiger partial charge in [0.05, 0.1) is 21.4 Å². The van der Waals surface area contributed by atoms with E-state index in [1.165, 1.54) is 0 Å². The van der Waals surface area contributed by atoms with E-state index in [4.69, 9.17) is 9.31 Å². The van der Waals surface area contributed by atoms with Gasteiger partial charge in [0.1, 0.15) is 0 Å². The Morgan fingerprint density at radius 2 is 1.48 bits per heavy atom. The average Bonchev–Trinajstić information content (AvgIpc) is 2.89. The lowest BCUT2D eigenvalue weighted by molar-refractivity contribution is 0.00578. The van der Waals surface area contributed by atoms with Gasteiger partial charge in [-0.1, -0.05) is 18.2 Å². The molecule has 0 N–H and O–H groups in total. The van der Waals surface area contributed by atoms with Gasteiger partial charge in [-0.15, -0.1) is 0 Å². The standard InChI is InChI=1S/C16H19BBrNO2/c1-15(2)16(3,4)21-17(20-15)13-10-11-14(18)19(13)12-8-6-5-7-9-12/h5-11H,1-4H3. The summed E-state index contributed by atoms with van der Waals surface area (Å²) in [7, 11) is -0.374. The van der Waals surface area contributed by atoms with Crippen molar-refractivity contribution in [1.82, 2.24) is 4.57 Å². The fourth-order valence-electron chi connectivity index (χ4n) is 2.42. The highest BCUT2D eigenvalue weighted by Gasteiger charge is 2.52. The monoisotopic (exact) mass is 347 g/mol. The highest BCUT2D eigenvalue weighted by atomic mass is 79.9. The second-order valence-corrected chi connectivity index (χ2v) is 7.15. The SMILES string of the molecule is CC1(C)OB(c2ccc(Br)n2-c2ccccc2)OC1(C)C. The Morgan fingerprint density at radius 3 is 2.05 bits per heavy atom. The first-order valence-electron chi connectivity index (χ1n) is 7.10. The number of aromatic nitrogens is 1. The lowest BCUT2D eigenvalue weighted by atomic mass is 9.84. The van der Waals surface area contributed by atoms with Gasteiger partial charge in [-0.2, -0.15) is 0 Å². The molecule has 3 rings (SSSR count). The maximum absolute atomic E-state index is 6.16. The van der Waals surface area contributed by atoms with E-state index in [9.17, 15) is 0 Å². The quantitative estimate of drug-likeness (QED) is 0.776.